The lowest BCUT2D eigenvalue weighted by atomic mass is 10.1. The number of aromatic nitrogens is 1. The third kappa shape index (κ3) is 3.80. The van der Waals surface area contributed by atoms with E-state index in [9.17, 15) is 4.79 Å². The number of fused-ring (bicyclic) bond motifs is 1. The molecule has 1 aliphatic rings. The first-order valence-corrected chi connectivity index (χ1v) is 9.64. The van der Waals surface area contributed by atoms with Crippen LogP contribution in [-0.2, 0) is 16.0 Å². The highest BCUT2D eigenvalue weighted by atomic mass is 32.1. The van der Waals surface area contributed by atoms with E-state index in [1.807, 2.05) is 24.3 Å². The summed E-state index contributed by atoms with van der Waals surface area (Å²) < 4.78 is 10.7. The predicted octanol–water partition coefficient (Wildman–Crippen LogP) is 2.62. The van der Waals surface area contributed by atoms with Crippen LogP contribution >= 0.6 is 11.3 Å². The van der Waals surface area contributed by atoms with E-state index in [1.165, 1.54) is 4.88 Å². The van der Waals surface area contributed by atoms with Gasteiger partial charge < -0.3 is 14.6 Å². The van der Waals surface area contributed by atoms with E-state index in [1.54, 1.807) is 11.3 Å². The second kappa shape index (κ2) is 7.99. The monoisotopic (exact) mass is 371 g/mol. The second-order valence-corrected chi connectivity index (χ2v) is 7.27. The molecule has 3 heterocycles. The summed E-state index contributed by atoms with van der Waals surface area (Å²) in [6.07, 6.45) is 0.220. The summed E-state index contributed by atoms with van der Waals surface area (Å²) in [5.41, 5.74) is 1.39. The second-order valence-electron chi connectivity index (χ2n) is 6.29. The lowest BCUT2D eigenvalue weighted by molar-refractivity contribution is -0.120. The zero-order chi connectivity index (χ0) is 17.8. The Kier molecular flexibility index (Phi) is 5.29. The Bertz CT molecular complexity index is 856. The fourth-order valence-electron chi connectivity index (χ4n) is 3.27. The van der Waals surface area contributed by atoms with Gasteiger partial charge in [0, 0.05) is 29.9 Å². The van der Waals surface area contributed by atoms with Crippen molar-refractivity contribution >= 4 is 28.2 Å². The predicted molar refractivity (Wildman–Crippen MR) is 100 cm³/mol. The molecule has 0 bridgehead atoms. The summed E-state index contributed by atoms with van der Waals surface area (Å²) in [4.78, 5) is 16.1. The standard InChI is InChI=1S/C19H21N3O3S/c23-19(12-15-14-4-1-2-5-17(14)25-21-15)20-13-16(18-6-3-11-26-18)22-7-9-24-10-8-22/h1-6,11,16H,7-10,12-13H2,(H,20,23)/t16-/m0/s1. The molecule has 1 atom stereocenters. The van der Waals surface area contributed by atoms with Crippen LogP contribution in [-0.4, -0.2) is 48.8 Å². The number of hydrogen-bond acceptors (Lipinski definition) is 6. The molecule has 2 aromatic heterocycles. The van der Waals surface area contributed by atoms with Gasteiger partial charge in [0.2, 0.25) is 5.91 Å². The van der Waals surface area contributed by atoms with Gasteiger partial charge in [-0.1, -0.05) is 23.4 Å². The maximum absolute atomic E-state index is 12.5. The highest BCUT2D eigenvalue weighted by Crippen LogP contribution is 2.25. The lowest BCUT2D eigenvalue weighted by Gasteiger charge is -2.34. The molecule has 0 aliphatic carbocycles. The van der Waals surface area contributed by atoms with E-state index in [2.05, 4.69) is 32.9 Å². The molecule has 1 aromatic carbocycles. The van der Waals surface area contributed by atoms with Crippen LogP contribution in [0.5, 0.6) is 0 Å². The topological polar surface area (TPSA) is 67.6 Å². The van der Waals surface area contributed by atoms with Crippen molar-refractivity contribution in [1.82, 2.24) is 15.4 Å². The van der Waals surface area contributed by atoms with Gasteiger partial charge in [-0.15, -0.1) is 11.3 Å². The molecule has 4 rings (SSSR count). The smallest absolute Gasteiger partial charge is 0.226 e. The Morgan fingerprint density at radius 3 is 2.88 bits per heavy atom. The fourth-order valence-corrected chi connectivity index (χ4v) is 4.13. The van der Waals surface area contributed by atoms with Gasteiger partial charge in [0.1, 0.15) is 5.69 Å². The summed E-state index contributed by atoms with van der Waals surface area (Å²) in [5, 5.41) is 10.1. The Labute approximate surface area is 155 Å². The fraction of sp³-hybridized carbons (Fsp3) is 0.368. The van der Waals surface area contributed by atoms with E-state index in [-0.39, 0.29) is 18.4 Å². The first kappa shape index (κ1) is 17.2. The molecule has 136 valence electrons. The summed E-state index contributed by atoms with van der Waals surface area (Å²) in [5.74, 6) is -0.0427. The quantitative estimate of drug-likeness (QED) is 0.721. The largest absolute Gasteiger partial charge is 0.379 e. The third-order valence-corrected chi connectivity index (χ3v) is 5.60. The van der Waals surface area contributed by atoms with Crippen LogP contribution in [0.25, 0.3) is 11.0 Å². The molecule has 0 saturated carbocycles. The number of hydrogen-bond donors (Lipinski definition) is 1. The van der Waals surface area contributed by atoms with E-state index in [0.717, 1.165) is 31.7 Å². The van der Waals surface area contributed by atoms with Gasteiger partial charge in [-0.05, 0) is 23.6 Å². The normalized spacial score (nSPS) is 16.6. The van der Waals surface area contributed by atoms with Gasteiger partial charge in [-0.25, -0.2) is 0 Å². The van der Waals surface area contributed by atoms with Crippen molar-refractivity contribution in [3.05, 3.63) is 52.3 Å². The average molecular weight is 371 g/mol. The number of amides is 1. The van der Waals surface area contributed by atoms with Crippen LogP contribution in [0.15, 0.2) is 46.3 Å². The van der Waals surface area contributed by atoms with Gasteiger partial charge in [0.25, 0.3) is 0 Å². The van der Waals surface area contributed by atoms with Gasteiger partial charge in [0.05, 0.1) is 25.7 Å². The van der Waals surface area contributed by atoms with E-state index in [4.69, 9.17) is 9.26 Å². The first-order chi connectivity index (χ1) is 12.8. The molecule has 26 heavy (non-hydrogen) atoms. The maximum atomic E-state index is 12.5. The Morgan fingerprint density at radius 1 is 1.23 bits per heavy atom. The number of benzene rings is 1. The number of nitrogens with zero attached hydrogens (tertiary/aromatic N) is 2. The van der Waals surface area contributed by atoms with Gasteiger partial charge in [0.15, 0.2) is 5.58 Å². The SMILES string of the molecule is O=C(Cc1noc2ccccc12)NC[C@@H](c1cccs1)N1CCOCC1. The van der Waals surface area contributed by atoms with Crippen molar-refractivity contribution in [3.63, 3.8) is 0 Å². The number of thiophene rings is 1. The Morgan fingerprint density at radius 2 is 2.08 bits per heavy atom. The summed E-state index contributed by atoms with van der Waals surface area (Å²) in [6.45, 7) is 3.81. The summed E-state index contributed by atoms with van der Waals surface area (Å²) in [7, 11) is 0. The molecule has 6 nitrogen and oxygen atoms in total. The maximum Gasteiger partial charge on any atom is 0.226 e. The zero-order valence-electron chi connectivity index (χ0n) is 14.4. The van der Waals surface area contributed by atoms with Crippen LogP contribution in [0.2, 0.25) is 0 Å². The molecule has 7 heteroatoms. The molecule has 1 N–H and O–H groups in total. The lowest BCUT2D eigenvalue weighted by Crippen LogP contribution is -2.43. The molecule has 0 radical (unpaired) electrons. The molecule has 1 fully saturated rings. The molecule has 0 spiro atoms. The number of rotatable bonds is 6. The van der Waals surface area contributed by atoms with E-state index >= 15 is 0 Å². The van der Waals surface area contributed by atoms with Crippen molar-refractivity contribution in [2.75, 3.05) is 32.8 Å². The van der Waals surface area contributed by atoms with E-state index < -0.39 is 0 Å². The number of morpholine rings is 1. The third-order valence-electron chi connectivity index (χ3n) is 4.63. The summed E-state index contributed by atoms with van der Waals surface area (Å²) >= 11 is 1.72. The van der Waals surface area contributed by atoms with Crippen LogP contribution in [0.3, 0.4) is 0 Å². The van der Waals surface area contributed by atoms with E-state index in [0.29, 0.717) is 17.8 Å². The molecule has 1 aliphatic heterocycles. The van der Waals surface area contributed by atoms with Crippen LogP contribution in [0, 0.1) is 0 Å². The number of para-hydroxylation sites is 1. The van der Waals surface area contributed by atoms with Crippen molar-refractivity contribution in [2.45, 2.75) is 12.5 Å². The van der Waals surface area contributed by atoms with Crippen molar-refractivity contribution < 1.29 is 14.1 Å². The van der Waals surface area contributed by atoms with Gasteiger partial charge in [-0.2, -0.15) is 0 Å². The van der Waals surface area contributed by atoms with Crippen LogP contribution in [0.1, 0.15) is 16.6 Å². The average Bonchev–Trinajstić information content (AvgIpc) is 3.34. The number of ether oxygens (including phenoxy) is 1. The highest BCUT2D eigenvalue weighted by molar-refractivity contribution is 7.10. The van der Waals surface area contributed by atoms with Crippen molar-refractivity contribution in [2.24, 2.45) is 0 Å². The Hall–Kier alpha value is -2.22. The van der Waals surface area contributed by atoms with Gasteiger partial charge >= 0.3 is 0 Å². The Balaban J connectivity index is 1.41. The molecule has 1 amide bonds. The minimum absolute atomic E-state index is 0.0427. The molecule has 0 unspecified atom stereocenters. The highest BCUT2D eigenvalue weighted by Gasteiger charge is 2.24. The summed E-state index contributed by atoms with van der Waals surface area (Å²) in [6, 6.07) is 12.0. The number of carbonyl (C=O) groups excluding carboxylic acids is 1. The minimum atomic E-state index is -0.0427. The number of nitrogens with one attached hydrogen (secondary N) is 1. The van der Waals surface area contributed by atoms with Gasteiger partial charge in [-0.3, -0.25) is 9.69 Å². The molecular weight excluding hydrogens is 350 g/mol. The first-order valence-electron chi connectivity index (χ1n) is 8.76. The van der Waals surface area contributed by atoms with Crippen molar-refractivity contribution in [3.8, 4) is 0 Å². The van der Waals surface area contributed by atoms with Crippen molar-refractivity contribution in [1.29, 1.82) is 0 Å². The van der Waals surface area contributed by atoms with Crippen LogP contribution < -0.4 is 5.32 Å². The molecule has 1 saturated heterocycles. The number of carbonyl (C=O) groups is 1. The zero-order valence-corrected chi connectivity index (χ0v) is 15.2. The molecule has 3 aromatic rings. The van der Waals surface area contributed by atoms with Crippen LogP contribution in [0.4, 0.5) is 0 Å². The minimum Gasteiger partial charge on any atom is -0.379 e. The molecular formula is C19H21N3O3S.